The second-order valence-corrected chi connectivity index (χ2v) is 12.8. The number of para-hydroxylation sites is 1. The Labute approximate surface area is 283 Å². The van der Waals surface area contributed by atoms with E-state index in [9.17, 15) is 0 Å². The molecule has 0 aliphatic heterocycles. The molecule has 0 saturated heterocycles. The van der Waals surface area contributed by atoms with Crippen molar-refractivity contribution in [2.75, 3.05) is 4.90 Å². The molecule has 0 spiro atoms. The van der Waals surface area contributed by atoms with Crippen LogP contribution in [-0.2, 0) is 0 Å². The SMILES string of the molecule is CC(C)C=Cc1ccc(-c2c3ccccc3c(-c3ccc(N(c4ccccc4)c4cccc5ccccc45)cc3)c3ccccc23)cc1. The lowest BCUT2D eigenvalue weighted by Crippen LogP contribution is -2.10. The molecule has 0 aromatic heterocycles. The molecule has 0 aliphatic rings. The lowest BCUT2D eigenvalue weighted by atomic mass is 9.86. The molecule has 0 N–H and O–H groups in total. The minimum absolute atomic E-state index is 0.527. The zero-order valence-electron chi connectivity index (χ0n) is 27.3. The molecule has 0 fully saturated rings. The van der Waals surface area contributed by atoms with Gasteiger partial charge < -0.3 is 4.90 Å². The first-order chi connectivity index (χ1) is 23.7. The molecule has 0 amide bonds. The van der Waals surface area contributed by atoms with Gasteiger partial charge in [0.25, 0.3) is 0 Å². The molecule has 230 valence electrons. The number of hydrogen-bond donors (Lipinski definition) is 0. The molecule has 0 unspecified atom stereocenters. The Morgan fingerprint density at radius 1 is 0.417 bits per heavy atom. The monoisotopic (exact) mass is 615 g/mol. The highest BCUT2D eigenvalue weighted by atomic mass is 15.1. The van der Waals surface area contributed by atoms with Gasteiger partial charge in [-0.2, -0.15) is 0 Å². The predicted octanol–water partition coefficient (Wildman–Crippen LogP) is 13.6. The van der Waals surface area contributed by atoms with E-state index in [1.165, 1.54) is 60.1 Å². The summed E-state index contributed by atoms with van der Waals surface area (Å²) in [7, 11) is 0. The number of anilines is 3. The van der Waals surface area contributed by atoms with Crippen LogP contribution in [0.5, 0.6) is 0 Å². The summed E-state index contributed by atoms with van der Waals surface area (Å²) >= 11 is 0. The molecule has 0 radical (unpaired) electrons. The molecule has 0 atom stereocenters. The van der Waals surface area contributed by atoms with E-state index in [0.29, 0.717) is 5.92 Å². The van der Waals surface area contributed by atoms with E-state index >= 15 is 0 Å². The Hall–Kier alpha value is -5.92. The van der Waals surface area contributed by atoms with Crippen LogP contribution in [-0.4, -0.2) is 0 Å². The van der Waals surface area contributed by atoms with E-state index in [1.54, 1.807) is 0 Å². The van der Waals surface area contributed by atoms with Crippen molar-refractivity contribution in [3.05, 3.63) is 181 Å². The van der Waals surface area contributed by atoms with Gasteiger partial charge in [0.05, 0.1) is 5.69 Å². The van der Waals surface area contributed by atoms with E-state index in [2.05, 4.69) is 201 Å². The van der Waals surface area contributed by atoms with E-state index in [4.69, 9.17) is 0 Å². The average Bonchev–Trinajstić information content (AvgIpc) is 3.14. The number of nitrogens with zero attached hydrogens (tertiary/aromatic N) is 1. The highest BCUT2D eigenvalue weighted by molar-refractivity contribution is 6.21. The van der Waals surface area contributed by atoms with E-state index in [-0.39, 0.29) is 0 Å². The van der Waals surface area contributed by atoms with Gasteiger partial charge in [0.15, 0.2) is 0 Å². The second kappa shape index (κ2) is 12.7. The molecule has 0 saturated carbocycles. The fraction of sp³-hybridized carbons (Fsp3) is 0.0638. The van der Waals surface area contributed by atoms with Gasteiger partial charge in [0, 0.05) is 16.8 Å². The van der Waals surface area contributed by atoms with Crippen molar-refractivity contribution in [1.29, 1.82) is 0 Å². The molecule has 48 heavy (non-hydrogen) atoms. The van der Waals surface area contributed by atoms with Crippen molar-refractivity contribution >= 4 is 55.5 Å². The summed E-state index contributed by atoms with van der Waals surface area (Å²) in [5.41, 5.74) is 9.64. The number of benzene rings is 8. The first-order valence-electron chi connectivity index (χ1n) is 16.8. The number of allylic oxidation sites excluding steroid dienone is 1. The summed E-state index contributed by atoms with van der Waals surface area (Å²) in [6.45, 7) is 4.42. The van der Waals surface area contributed by atoms with Crippen LogP contribution in [0.2, 0.25) is 0 Å². The molecule has 0 heterocycles. The Morgan fingerprint density at radius 3 is 1.44 bits per heavy atom. The smallest absolute Gasteiger partial charge is 0.0540 e. The van der Waals surface area contributed by atoms with Crippen LogP contribution in [0, 0.1) is 5.92 Å². The third kappa shape index (κ3) is 5.44. The summed E-state index contributed by atoms with van der Waals surface area (Å²) in [5, 5.41) is 7.51. The fourth-order valence-electron chi connectivity index (χ4n) is 7.00. The lowest BCUT2D eigenvalue weighted by molar-refractivity contribution is 0.836. The molecule has 8 aromatic rings. The predicted molar refractivity (Wildman–Crippen MR) is 208 cm³/mol. The summed E-state index contributed by atoms with van der Waals surface area (Å²) < 4.78 is 0. The Kier molecular flexibility index (Phi) is 7.80. The maximum absolute atomic E-state index is 2.37. The van der Waals surface area contributed by atoms with Crippen LogP contribution in [0.15, 0.2) is 176 Å². The van der Waals surface area contributed by atoms with Crippen molar-refractivity contribution in [3.63, 3.8) is 0 Å². The maximum atomic E-state index is 2.37. The normalized spacial score (nSPS) is 11.6. The summed E-state index contributed by atoms with van der Waals surface area (Å²) in [6, 6.07) is 61.7. The van der Waals surface area contributed by atoms with Crippen molar-refractivity contribution in [2.24, 2.45) is 5.92 Å². The third-order valence-corrected chi connectivity index (χ3v) is 9.24. The van der Waals surface area contributed by atoms with Crippen LogP contribution in [0.4, 0.5) is 17.1 Å². The van der Waals surface area contributed by atoms with Gasteiger partial charge in [-0.05, 0) is 91.0 Å². The molecular formula is C47H37N. The van der Waals surface area contributed by atoms with Crippen molar-refractivity contribution in [2.45, 2.75) is 13.8 Å². The zero-order chi connectivity index (χ0) is 32.5. The second-order valence-electron chi connectivity index (χ2n) is 12.8. The van der Waals surface area contributed by atoms with Crippen LogP contribution in [0.3, 0.4) is 0 Å². The number of fused-ring (bicyclic) bond motifs is 3. The van der Waals surface area contributed by atoms with Crippen LogP contribution in [0.25, 0.3) is 60.6 Å². The summed E-state index contributed by atoms with van der Waals surface area (Å²) in [5.74, 6) is 0.527. The molecule has 1 nitrogen and oxygen atoms in total. The highest BCUT2D eigenvalue weighted by Gasteiger charge is 2.18. The average molecular weight is 616 g/mol. The van der Waals surface area contributed by atoms with Gasteiger partial charge in [0.2, 0.25) is 0 Å². The first kappa shape index (κ1) is 29.5. The zero-order valence-corrected chi connectivity index (χ0v) is 27.3. The number of rotatable bonds is 7. The quantitative estimate of drug-likeness (QED) is 0.161. The Balaban J connectivity index is 1.28. The highest BCUT2D eigenvalue weighted by Crippen LogP contribution is 2.45. The first-order valence-corrected chi connectivity index (χ1v) is 16.8. The van der Waals surface area contributed by atoms with Crippen LogP contribution >= 0.6 is 0 Å². The Morgan fingerprint density at radius 2 is 0.875 bits per heavy atom. The molecule has 8 rings (SSSR count). The Bertz CT molecular complexity index is 2340. The van der Waals surface area contributed by atoms with Crippen molar-refractivity contribution in [3.8, 4) is 22.3 Å². The van der Waals surface area contributed by atoms with Crippen molar-refractivity contribution < 1.29 is 0 Å². The standard InChI is InChI=1S/C47H37N/c1-33(2)23-24-34-25-27-36(28-26-34)46-41-18-8-10-20-43(41)47(44-21-11-9-19-42(44)46)37-29-31-39(32-30-37)48(38-15-4-3-5-16-38)45-22-12-14-35-13-6-7-17-40(35)45/h3-33H,1-2H3. The third-order valence-electron chi connectivity index (χ3n) is 9.24. The van der Waals surface area contributed by atoms with E-state index in [1.807, 2.05) is 0 Å². The van der Waals surface area contributed by atoms with Gasteiger partial charge in [-0.25, -0.2) is 0 Å². The van der Waals surface area contributed by atoms with Crippen LogP contribution in [0.1, 0.15) is 19.4 Å². The van der Waals surface area contributed by atoms with Crippen molar-refractivity contribution in [1.82, 2.24) is 0 Å². The van der Waals surface area contributed by atoms with Gasteiger partial charge >= 0.3 is 0 Å². The summed E-state index contributed by atoms with van der Waals surface area (Å²) in [6.07, 6.45) is 4.47. The topological polar surface area (TPSA) is 3.24 Å². The molecule has 8 aromatic carbocycles. The summed E-state index contributed by atoms with van der Waals surface area (Å²) in [4.78, 5) is 2.37. The number of hydrogen-bond acceptors (Lipinski definition) is 1. The van der Waals surface area contributed by atoms with Gasteiger partial charge in [0.1, 0.15) is 0 Å². The molecule has 0 aliphatic carbocycles. The minimum atomic E-state index is 0.527. The lowest BCUT2D eigenvalue weighted by Gasteiger charge is -2.27. The van der Waals surface area contributed by atoms with E-state index in [0.717, 1.165) is 17.1 Å². The molecule has 0 bridgehead atoms. The van der Waals surface area contributed by atoms with Gasteiger partial charge in [-0.1, -0.05) is 166 Å². The molecule has 1 heteroatoms. The van der Waals surface area contributed by atoms with E-state index < -0.39 is 0 Å². The van der Waals surface area contributed by atoms with Gasteiger partial charge in [-0.15, -0.1) is 0 Å². The maximum Gasteiger partial charge on any atom is 0.0540 e. The minimum Gasteiger partial charge on any atom is -0.310 e. The van der Waals surface area contributed by atoms with Gasteiger partial charge in [-0.3, -0.25) is 0 Å². The fourth-order valence-corrected chi connectivity index (χ4v) is 7.00. The van der Waals surface area contributed by atoms with Crippen LogP contribution < -0.4 is 4.90 Å². The largest absolute Gasteiger partial charge is 0.310 e. The molecular weight excluding hydrogens is 579 g/mol.